The maximum atomic E-state index is 12.4. The van der Waals surface area contributed by atoms with Gasteiger partial charge in [-0.15, -0.1) is 0 Å². The van der Waals surface area contributed by atoms with Crippen molar-refractivity contribution >= 4 is 5.91 Å². The third-order valence-corrected chi connectivity index (χ3v) is 5.08. The molecular formula is C22H23N3O2. The average molecular weight is 361 g/mol. The largest absolute Gasteiger partial charge is 0.361 e. The van der Waals surface area contributed by atoms with Gasteiger partial charge in [0.2, 0.25) is 5.91 Å². The van der Waals surface area contributed by atoms with Crippen LogP contribution in [0.25, 0.3) is 0 Å². The van der Waals surface area contributed by atoms with E-state index < -0.39 is 0 Å². The number of rotatable bonds is 5. The number of hydrogen-bond acceptors (Lipinski definition) is 4. The highest BCUT2D eigenvalue weighted by Gasteiger charge is 2.31. The van der Waals surface area contributed by atoms with Crippen LogP contribution in [-0.4, -0.2) is 36.1 Å². The molecule has 27 heavy (non-hydrogen) atoms. The summed E-state index contributed by atoms with van der Waals surface area (Å²) in [6.45, 7) is 1.56. The number of carbonyl (C=O) groups is 1. The second kappa shape index (κ2) is 7.76. The minimum Gasteiger partial charge on any atom is -0.361 e. The maximum Gasteiger partial charge on any atom is 0.236 e. The van der Waals surface area contributed by atoms with E-state index in [0.29, 0.717) is 26.1 Å². The fourth-order valence-electron chi connectivity index (χ4n) is 3.73. The van der Waals surface area contributed by atoms with Crippen LogP contribution in [0.15, 0.2) is 65.2 Å². The average Bonchev–Trinajstić information content (AvgIpc) is 3.13. The first-order chi connectivity index (χ1) is 13.3. The Balaban J connectivity index is 1.75. The Morgan fingerprint density at radius 3 is 2.33 bits per heavy atom. The van der Waals surface area contributed by atoms with Gasteiger partial charge in [-0.25, -0.2) is 0 Å². The number of nitrogens with one attached hydrogen (secondary N) is 1. The van der Waals surface area contributed by atoms with Crippen molar-refractivity contribution in [1.82, 2.24) is 15.4 Å². The normalized spacial score (nSPS) is 13.6. The molecule has 1 amide bonds. The molecule has 5 heteroatoms. The smallest absolute Gasteiger partial charge is 0.236 e. The van der Waals surface area contributed by atoms with E-state index in [0.717, 1.165) is 17.0 Å². The summed E-state index contributed by atoms with van der Waals surface area (Å²) in [5.41, 5.74) is 4.28. The summed E-state index contributed by atoms with van der Waals surface area (Å²) in [7, 11) is 1.79. The minimum absolute atomic E-state index is 0.0146. The second-order valence-corrected chi connectivity index (χ2v) is 6.82. The molecule has 1 aliphatic rings. The van der Waals surface area contributed by atoms with Gasteiger partial charge in [-0.2, -0.15) is 0 Å². The molecule has 0 atom stereocenters. The van der Waals surface area contributed by atoms with E-state index in [4.69, 9.17) is 4.52 Å². The van der Waals surface area contributed by atoms with Crippen LogP contribution in [0.5, 0.6) is 0 Å². The lowest BCUT2D eigenvalue weighted by molar-refractivity contribution is -0.131. The van der Waals surface area contributed by atoms with Gasteiger partial charge in [-0.05, 0) is 18.2 Å². The Labute approximate surface area is 159 Å². The second-order valence-electron chi connectivity index (χ2n) is 6.82. The van der Waals surface area contributed by atoms with Crippen molar-refractivity contribution in [2.24, 2.45) is 0 Å². The van der Waals surface area contributed by atoms with Crippen LogP contribution >= 0.6 is 0 Å². The quantitative estimate of drug-likeness (QED) is 0.759. The summed E-state index contributed by atoms with van der Waals surface area (Å²) >= 11 is 0. The molecule has 1 N–H and O–H groups in total. The third-order valence-electron chi connectivity index (χ3n) is 5.08. The minimum atomic E-state index is -0.0146. The lowest BCUT2D eigenvalue weighted by Crippen LogP contribution is -2.40. The first-order valence-electron chi connectivity index (χ1n) is 9.27. The molecule has 0 spiro atoms. The number of carbonyl (C=O) groups excluding carboxylic acids is 1. The van der Waals surface area contributed by atoms with Crippen LogP contribution in [0.4, 0.5) is 0 Å². The molecule has 3 aromatic rings. The monoisotopic (exact) mass is 361 g/mol. The van der Waals surface area contributed by atoms with Crippen molar-refractivity contribution in [2.45, 2.75) is 18.9 Å². The summed E-state index contributed by atoms with van der Waals surface area (Å²) in [5.74, 6) is 0.987. The summed E-state index contributed by atoms with van der Waals surface area (Å²) in [6.07, 6.45) is 0.702. The third kappa shape index (κ3) is 3.51. The lowest BCUT2D eigenvalue weighted by atomic mass is 9.85. The van der Waals surface area contributed by atoms with Crippen molar-refractivity contribution < 1.29 is 9.32 Å². The number of amides is 1. The van der Waals surface area contributed by atoms with Crippen molar-refractivity contribution in [1.29, 1.82) is 0 Å². The van der Waals surface area contributed by atoms with Crippen LogP contribution < -0.4 is 5.32 Å². The first kappa shape index (κ1) is 17.5. The summed E-state index contributed by atoms with van der Waals surface area (Å²) in [6, 6.07) is 20.7. The van der Waals surface area contributed by atoms with Crippen LogP contribution in [0.1, 0.15) is 34.1 Å². The molecule has 0 fully saturated rings. The van der Waals surface area contributed by atoms with Gasteiger partial charge in [0.15, 0.2) is 0 Å². The molecule has 0 bridgehead atoms. The molecule has 0 saturated carbocycles. The molecular weight excluding hydrogens is 338 g/mol. The SMILES string of the molecule is CNCC(=O)N1CCc2onc(C(c3ccccc3)c3ccccc3)c2C1. The highest BCUT2D eigenvalue weighted by atomic mass is 16.5. The van der Waals surface area contributed by atoms with E-state index in [9.17, 15) is 4.79 Å². The zero-order valence-electron chi connectivity index (χ0n) is 15.4. The number of benzene rings is 2. The van der Waals surface area contributed by atoms with Gasteiger partial charge in [0, 0.05) is 18.5 Å². The van der Waals surface area contributed by atoms with E-state index in [1.54, 1.807) is 7.05 Å². The Kier molecular flexibility index (Phi) is 5.03. The molecule has 5 nitrogen and oxygen atoms in total. The van der Waals surface area contributed by atoms with Crippen LogP contribution in [0, 0.1) is 0 Å². The van der Waals surface area contributed by atoms with Crippen LogP contribution in [0.3, 0.4) is 0 Å². The lowest BCUT2D eigenvalue weighted by Gasteiger charge is -2.27. The predicted molar refractivity (Wildman–Crippen MR) is 103 cm³/mol. The molecule has 0 saturated heterocycles. The molecule has 2 aromatic carbocycles. The Hall–Kier alpha value is -2.92. The zero-order chi connectivity index (χ0) is 18.6. The zero-order valence-corrected chi connectivity index (χ0v) is 15.4. The maximum absolute atomic E-state index is 12.4. The summed E-state index contributed by atoms with van der Waals surface area (Å²) in [5, 5.41) is 7.40. The van der Waals surface area contributed by atoms with Crippen molar-refractivity contribution in [3.8, 4) is 0 Å². The Bertz CT molecular complexity index is 866. The summed E-state index contributed by atoms with van der Waals surface area (Å²) < 4.78 is 5.70. The Morgan fingerprint density at radius 2 is 1.74 bits per heavy atom. The molecule has 138 valence electrons. The number of hydrogen-bond donors (Lipinski definition) is 1. The molecule has 4 rings (SSSR count). The van der Waals surface area contributed by atoms with Gasteiger partial charge in [0.1, 0.15) is 11.5 Å². The molecule has 0 aliphatic carbocycles. The number of fused-ring (bicyclic) bond motifs is 1. The summed E-state index contributed by atoms with van der Waals surface area (Å²) in [4.78, 5) is 14.2. The van der Waals surface area contributed by atoms with Crippen molar-refractivity contribution in [2.75, 3.05) is 20.1 Å². The van der Waals surface area contributed by atoms with E-state index >= 15 is 0 Å². The highest BCUT2D eigenvalue weighted by Crippen LogP contribution is 2.36. The molecule has 0 unspecified atom stereocenters. The van der Waals surface area contributed by atoms with E-state index in [2.05, 4.69) is 34.7 Å². The van der Waals surface area contributed by atoms with Crippen LogP contribution in [0.2, 0.25) is 0 Å². The molecule has 1 aromatic heterocycles. The Morgan fingerprint density at radius 1 is 1.11 bits per heavy atom. The van der Waals surface area contributed by atoms with Gasteiger partial charge in [-0.1, -0.05) is 65.8 Å². The van der Waals surface area contributed by atoms with Crippen molar-refractivity contribution in [3.63, 3.8) is 0 Å². The van der Waals surface area contributed by atoms with Gasteiger partial charge < -0.3 is 14.7 Å². The standard InChI is InChI=1S/C22H23N3O2/c1-23-14-20(26)25-13-12-19-18(15-25)22(24-27-19)21(16-8-4-2-5-9-16)17-10-6-3-7-11-17/h2-11,21,23H,12-15H2,1H3. The van der Waals surface area contributed by atoms with Gasteiger partial charge in [-0.3, -0.25) is 4.79 Å². The number of likely N-dealkylation sites (N-methyl/N-ethyl adjacent to an activating group) is 1. The van der Waals surface area contributed by atoms with Crippen LogP contribution in [-0.2, 0) is 17.8 Å². The topological polar surface area (TPSA) is 58.4 Å². The van der Waals surface area contributed by atoms with E-state index in [1.807, 2.05) is 41.3 Å². The highest BCUT2D eigenvalue weighted by molar-refractivity contribution is 5.78. The fraction of sp³-hybridized carbons (Fsp3) is 0.273. The van der Waals surface area contributed by atoms with Crippen molar-refractivity contribution in [3.05, 3.63) is 88.8 Å². The van der Waals surface area contributed by atoms with E-state index in [-0.39, 0.29) is 11.8 Å². The first-order valence-corrected chi connectivity index (χ1v) is 9.27. The van der Waals surface area contributed by atoms with Gasteiger partial charge in [0.05, 0.1) is 19.0 Å². The predicted octanol–water partition coefficient (Wildman–Crippen LogP) is 2.96. The number of aromatic nitrogens is 1. The van der Waals surface area contributed by atoms with E-state index in [1.165, 1.54) is 11.1 Å². The number of nitrogens with zero attached hydrogens (tertiary/aromatic N) is 2. The molecule has 0 radical (unpaired) electrons. The molecule has 1 aliphatic heterocycles. The fourth-order valence-corrected chi connectivity index (χ4v) is 3.73. The van der Waals surface area contributed by atoms with Gasteiger partial charge >= 0.3 is 0 Å². The molecule has 2 heterocycles. The van der Waals surface area contributed by atoms with Gasteiger partial charge in [0.25, 0.3) is 0 Å².